The van der Waals surface area contributed by atoms with E-state index in [0.717, 1.165) is 5.56 Å². The Bertz CT molecular complexity index is 436. The van der Waals surface area contributed by atoms with Gasteiger partial charge in [0.15, 0.2) is 5.11 Å². The average Bonchev–Trinajstić information content (AvgIpc) is 2.37. The number of rotatable bonds is 2. The fraction of sp³-hybridized carbons (Fsp3) is 0.182. The number of ether oxygens (including phenoxy) is 1. The minimum atomic E-state index is -0.699. The van der Waals surface area contributed by atoms with Gasteiger partial charge in [0.05, 0.1) is 13.5 Å². The zero-order chi connectivity index (χ0) is 13.4. The van der Waals surface area contributed by atoms with Crippen LogP contribution in [0.5, 0.6) is 0 Å². The molecule has 1 rings (SSSR count). The molecule has 3 N–H and O–H groups in total. The molecule has 0 bridgehead atoms. The lowest BCUT2D eigenvalue weighted by Crippen LogP contribution is -2.48. The van der Waals surface area contributed by atoms with Gasteiger partial charge in [0, 0.05) is 0 Å². The Morgan fingerprint density at radius 3 is 2.50 bits per heavy atom. The molecule has 1 aromatic rings. The Morgan fingerprint density at radius 1 is 1.22 bits per heavy atom. The summed E-state index contributed by atoms with van der Waals surface area (Å²) in [6, 6.07) is 9.23. The Labute approximate surface area is 110 Å². The highest BCUT2D eigenvalue weighted by Gasteiger charge is 2.06. The van der Waals surface area contributed by atoms with Gasteiger partial charge in [-0.1, -0.05) is 30.3 Å². The monoisotopic (exact) mass is 267 g/mol. The fourth-order valence-electron chi connectivity index (χ4n) is 1.14. The van der Waals surface area contributed by atoms with Gasteiger partial charge in [0.2, 0.25) is 5.91 Å². The Morgan fingerprint density at radius 2 is 1.89 bits per heavy atom. The highest BCUT2D eigenvalue weighted by molar-refractivity contribution is 7.80. The molecule has 0 aliphatic rings. The molecule has 6 nitrogen and oxygen atoms in total. The Kier molecular flexibility index (Phi) is 5.59. The van der Waals surface area contributed by atoms with Crippen LogP contribution in [0.3, 0.4) is 0 Å². The first kappa shape index (κ1) is 13.9. The molecule has 18 heavy (non-hydrogen) atoms. The van der Waals surface area contributed by atoms with Crippen molar-refractivity contribution in [3.05, 3.63) is 35.9 Å². The van der Waals surface area contributed by atoms with E-state index >= 15 is 0 Å². The van der Waals surface area contributed by atoms with Gasteiger partial charge in [0.1, 0.15) is 0 Å². The third-order valence-corrected chi connectivity index (χ3v) is 2.13. The van der Waals surface area contributed by atoms with Crippen molar-refractivity contribution in [1.29, 1.82) is 0 Å². The summed E-state index contributed by atoms with van der Waals surface area (Å²) in [5.41, 5.74) is 5.33. The van der Waals surface area contributed by atoms with E-state index in [-0.39, 0.29) is 17.4 Å². The average molecular weight is 267 g/mol. The van der Waals surface area contributed by atoms with E-state index in [1.807, 2.05) is 30.3 Å². The van der Waals surface area contributed by atoms with Crippen LogP contribution in [0, 0.1) is 0 Å². The summed E-state index contributed by atoms with van der Waals surface area (Å²) in [5, 5.41) is 2.42. The maximum absolute atomic E-state index is 11.6. The predicted molar refractivity (Wildman–Crippen MR) is 69.6 cm³/mol. The molecule has 0 saturated heterocycles. The summed E-state index contributed by atoms with van der Waals surface area (Å²) in [7, 11) is 1.22. The normalized spacial score (nSPS) is 9.17. The van der Waals surface area contributed by atoms with Crippen LogP contribution in [-0.4, -0.2) is 24.2 Å². The standard InChI is InChI=1S/C11H13N3O3S/c1-17-11(16)14-13-10(18)12-9(15)7-8-5-3-2-4-6-8/h2-6H,7H2,1H3,(H,14,16)(H2,12,13,15,18). The van der Waals surface area contributed by atoms with Gasteiger partial charge in [-0.05, 0) is 17.8 Å². The van der Waals surface area contributed by atoms with Crippen LogP contribution >= 0.6 is 12.2 Å². The number of amides is 2. The smallest absolute Gasteiger partial charge is 0.425 e. The highest BCUT2D eigenvalue weighted by Crippen LogP contribution is 1.98. The van der Waals surface area contributed by atoms with Crippen molar-refractivity contribution in [2.45, 2.75) is 6.42 Å². The molecule has 0 unspecified atom stereocenters. The Balaban J connectivity index is 2.32. The number of carbonyl (C=O) groups excluding carboxylic acids is 2. The van der Waals surface area contributed by atoms with Crippen molar-refractivity contribution in [2.75, 3.05) is 7.11 Å². The summed E-state index contributed by atoms with van der Waals surface area (Å²) < 4.78 is 4.32. The van der Waals surface area contributed by atoms with Gasteiger partial charge in [-0.15, -0.1) is 0 Å². The number of nitrogens with one attached hydrogen (secondary N) is 3. The molecule has 0 fully saturated rings. The van der Waals surface area contributed by atoms with E-state index in [4.69, 9.17) is 12.2 Å². The summed E-state index contributed by atoms with van der Waals surface area (Å²) in [4.78, 5) is 22.3. The second-order valence-electron chi connectivity index (χ2n) is 3.28. The van der Waals surface area contributed by atoms with Gasteiger partial charge < -0.3 is 10.1 Å². The van der Waals surface area contributed by atoms with Gasteiger partial charge in [-0.2, -0.15) is 0 Å². The lowest BCUT2D eigenvalue weighted by Gasteiger charge is -2.09. The third kappa shape index (κ3) is 5.26. The first-order chi connectivity index (χ1) is 8.61. The molecule has 0 aliphatic heterocycles. The van der Waals surface area contributed by atoms with Crippen molar-refractivity contribution in [1.82, 2.24) is 16.2 Å². The van der Waals surface area contributed by atoms with E-state index in [1.165, 1.54) is 7.11 Å². The van der Waals surface area contributed by atoms with Crippen LogP contribution in [-0.2, 0) is 16.0 Å². The fourth-order valence-corrected chi connectivity index (χ4v) is 1.31. The summed E-state index contributed by atoms with van der Waals surface area (Å²) in [5.74, 6) is -0.273. The molecule has 1 aromatic carbocycles. The third-order valence-electron chi connectivity index (χ3n) is 1.92. The molecule has 0 saturated carbocycles. The van der Waals surface area contributed by atoms with Crippen molar-refractivity contribution in [3.8, 4) is 0 Å². The molecule has 0 atom stereocenters. The van der Waals surface area contributed by atoms with Crippen molar-refractivity contribution >= 4 is 29.3 Å². The van der Waals surface area contributed by atoms with Gasteiger partial charge in [-0.3, -0.25) is 10.2 Å². The zero-order valence-corrected chi connectivity index (χ0v) is 10.5. The van der Waals surface area contributed by atoms with E-state index in [1.54, 1.807) is 0 Å². The molecular formula is C11H13N3O3S. The van der Waals surface area contributed by atoms with E-state index in [9.17, 15) is 9.59 Å². The minimum Gasteiger partial charge on any atom is -0.452 e. The SMILES string of the molecule is COC(=O)NNC(=S)NC(=O)Cc1ccccc1. The first-order valence-electron chi connectivity index (χ1n) is 5.09. The zero-order valence-electron chi connectivity index (χ0n) is 9.73. The van der Waals surface area contributed by atoms with Crippen LogP contribution in [0.2, 0.25) is 0 Å². The lowest BCUT2D eigenvalue weighted by atomic mass is 10.1. The molecule has 0 aliphatic carbocycles. The van der Waals surface area contributed by atoms with Crippen LogP contribution < -0.4 is 16.2 Å². The summed E-state index contributed by atoms with van der Waals surface area (Å²) in [6.07, 6.45) is -0.490. The molecule has 0 aromatic heterocycles. The van der Waals surface area contributed by atoms with E-state index in [0.29, 0.717) is 0 Å². The number of benzene rings is 1. The quantitative estimate of drug-likeness (QED) is 0.537. The second-order valence-corrected chi connectivity index (χ2v) is 3.69. The second kappa shape index (κ2) is 7.23. The van der Waals surface area contributed by atoms with Crippen molar-refractivity contribution < 1.29 is 14.3 Å². The predicted octanol–water partition coefficient (Wildman–Crippen LogP) is 0.491. The van der Waals surface area contributed by atoms with Crippen LogP contribution in [0.4, 0.5) is 4.79 Å². The largest absolute Gasteiger partial charge is 0.452 e. The first-order valence-corrected chi connectivity index (χ1v) is 5.50. The number of hydrogen-bond donors (Lipinski definition) is 3. The van der Waals surface area contributed by atoms with Crippen LogP contribution in [0.25, 0.3) is 0 Å². The van der Waals surface area contributed by atoms with Gasteiger partial charge >= 0.3 is 6.09 Å². The summed E-state index contributed by atoms with van der Waals surface area (Å²) >= 11 is 4.80. The van der Waals surface area contributed by atoms with Crippen LogP contribution in [0.15, 0.2) is 30.3 Å². The van der Waals surface area contributed by atoms with E-state index < -0.39 is 6.09 Å². The molecule has 2 amide bonds. The molecule has 0 spiro atoms. The van der Waals surface area contributed by atoms with Crippen LogP contribution in [0.1, 0.15) is 5.56 Å². The maximum atomic E-state index is 11.6. The number of hydrogen-bond acceptors (Lipinski definition) is 4. The van der Waals surface area contributed by atoms with Crippen molar-refractivity contribution in [2.24, 2.45) is 0 Å². The maximum Gasteiger partial charge on any atom is 0.425 e. The Hall–Kier alpha value is -2.15. The lowest BCUT2D eigenvalue weighted by molar-refractivity contribution is -0.119. The molecule has 96 valence electrons. The molecule has 0 radical (unpaired) electrons. The highest BCUT2D eigenvalue weighted by atomic mass is 32.1. The molecular weight excluding hydrogens is 254 g/mol. The van der Waals surface area contributed by atoms with Gasteiger partial charge in [-0.25, -0.2) is 10.2 Å². The van der Waals surface area contributed by atoms with Crippen molar-refractivity contribution in [3.63, 3.8) is 0 Å². The van der Waals surface area contributed by atoms with E-state index in [2.05, 4.69) is 20.9 Å². The summed E-state index contributed by atoms with van der Waals surface area (Å²) in [6.45, 7) is 0. The van der Waals surface area contributed by atoms with Gasteiger partial charge in [0.25, 0.3) is 0 Å². The number of hydrazine groups is 1. The number of thiocarbonyl (C=S) groups is 1. The topological polar surface area (TPSA) is 79.5 Å². The number of methoxy groups -OCH3 is 1. The molecule has 0 heterocycles. The minimum absolute atomic E-state index is 0.00123. The number of carbonyl (C=O) groups is 2. The molecule has 7 heteroatoms.